The summed E-state index contributed by atoms with van der Waals surface area (Å²) < 4.78 is 31.6. The Hall–Kier alpha value is -2.69. The van der Waals surface area contributed by atoms with Crippen LogP contribution in [0.1, 0.15) is 126 Å². The van der Waals surface area contributed by atoms with Gasteiger partial charge in [-0.1, -0.05) is 69.6 Å². The Morgan fingerprint density at radius 1 is 0.983 bits per heavy atom. The summed E-state index contributed by atoms with van der Waals surface area (Å²) in [5.41, 5.74) is -2.71. The maximum absolute atomic E-state index is 14.3. The van der Waals surface area contributed by atoms with Crippen molar-refractivity contribution in [3.63, 3.8) is 0 Å². The summed E-state index contributed by atoms with van der Waals surface area (Å²) in [5.74, 6) is -5.93. The molecule has 2 aliphatic heterocycles. The van der Waals surface area contributed by atoms with Gasteiger partial charge in [-0.3, -0.25) is 9.59 Å². The second-order valence-corrected chi connectivity index (χ2v) is 18.9. The summed E-state index contributed by atoms with van der Waals surface area (Å²) in [6.07, 6.45) is -3.34. The zero-order valence-corrected chi connectivity index (χ0v) is 38.2. The van der Waals surface area contributed by atoms with E-state index in [1.54, 1.807) is 46.8 Å². The molecule has 14 heteroatoms. The maximum atomic E-state index is 14.3. The number of cyclic esters (lactones) is 1. The van der Waals surface area contributed by atoms with Crippen LogP contribution < -0.4 is 0 Å². The Balaban J connectivity index is 1.88. The Kier molecular flexibility index (Phi) is 17.6. The van der Waals surface area contributed by atoms with Crippen LogP contribution in [0.3, 0.4) is 0 Å². The molecule has 0 bridgehead atoms. The highest BCUT2D eigenvalue weighted by atomic mass is 16.8. The van der Waals surface area contributed by atoms with Crippen LogP contribution in [0.25, 0.3) is 0 Å². The van der Waals surface area contributed by atoms with E-state index in [2.05, 4.69) is 0 Å². The molecule has 2 heterocycles. The molecule has 342 valence electrons. The van der Waals surface area contributed by atoms with Crippen LogP contribution in [0.5, 0.6) is 0 Å². The highest BCUT2D eigenvalue weighted by molar-refractivity contribution is 5.89. The first-order valence-electron chi connectivity index (χ1n) is 22.2. The first-order valence-corrected chi connectivity index (χ1v) is 22.2. The normalized spacial score (nSPS) is 39.2. The molecule has 1 aromatic rings. The van der Waals surface area contributed by atoms with Gasteiger partial charge in [0.05, 0.1) is 48.1 Å². The molecule has 0 amide bonds. The molecule has 0 spiro atoms. The lowest BCUT2D eigenvalue weighted by Crippen LogP contribution is -2.60. The van der Waals surface area contributed by atoms with Gasteiger partial charge in [-0.05, 0) is 93.3 Å². The fourth-order valence-corrected chi connectivity index (χ4v) is 9.63. The zero-order chi connectivity index (χ0) is 44.7. The number of aliphatic hydroxyl groups excluding tert-OH is 2. The van der Waals surface area contributed by atoms with E-state index in [1.165, 1.54) is 6.92 Å². The molecule has 14 nitrogen and oxygen atoms in total. The number of hydrogen-bond donors (Lipinski definition) is 4. The number of benzene rings is 1. The number of carbonyl (C=O) groups excluding carboxylic acids is 2. The number of hydrogen-bond acceptors (Lipinski definition) is 14. The SMILES string of the molecule is CC[C@H]1OC(=O)[C@H](C)[C@@H](OC(=O)Cc2ccccc2)[C@H](C)[C@@H](O[C@@H]2O[C@H](C)C[C@H](N(C)C)[C@H]2O)[C@@](C)(O)C[C@H](C)/C(=N\OC2(OC(C)C)CCCCC2)[C@H](C)[C@@H](O)[C@]1(C)O. The molecule has 4 N–H and O–H groups in total. The van der Waals surface area contributed by atoms with Gasteiger partial charge in [0.2, 0.25) is 5.79 Å². The van der Waals surface area contributed by atoms with Gasteiger partial charge in [-0.2, -0.15) is 0 Å². The molecule has 1 aromatic carbocycles. The molecule has 3 aliphatic rings. The molecule has 14 atom stereocenters. The van der Waals surface area contributed by atoms with Gasteiger partial charge in [0.1, 0.15) is 23.9 Å². The Bertz CT molecular complexity index is 1550. The summed E-state index contributed by atoms with van der Waals surface area (Å²) >= 11 is 0. The van der Waals surface area contributed by atoms with E-state index >= 15 is 0 Å². The summed E-state index contributed by atoms with van der Waals surface area (Å²) in [7, 11) is 3.73. The van der Waals surface area contributed by atoms with Gasteiger partial charge in [-0.25, -0.2) is 0 Å². The van der Waals surface area contributed by atoms with Crippen LogP contribution in [-0.2, 0) is 44.5 Å². The minimum atomic E-state index is -1.97. The summed E-state index contributed by atoms with van der Waals surface area (Å²) in [6, 6.07) is 8.73. The van der Waals surface area contributed by atoms with Crippen molar-refractivity contribution in [2.75, 3.05) is 14.1 Å². The number of esters is 2. The zero-order valence-electron chi connectivity index (χ0n) is 38.2. The van der Waals surface area contributed by atoms with Crippen molar-refractivity contribution in [3.05, 3.63) is 35.9 Å². The number of likely N-dealkylation sites (N-methyl/N-ethyl adjacent to an activating group) is 1. The molecule has 1 aliphatic carbocycles. The third kappa shape index (κ3) is 12.3. The second-order valence-electron chi connectivity index (χ2n) is 18.9. The number of ether oxygens (including phenoxy) is 5. The van der Waals surface area contributed by atoms with Crippen molar-refractivity contribution in [2.24, 2.45) is 28.8 Å². The van der Waals surface area contributed by atoms with Crippen LogP contribution in [0.4, 0.5) is 0 Å². The number of carbonyl (C=O) groups is 2. The molecule has 0 radical (unpaired) electrons. The fraction of sp³-hybridized carbons (Fsp3) is 0.804. The van der Waals surface area contributed by atoms with Crippen LogP contribution >= 0.6 is 0 Å². The largest absolute Gasteiger partial charge is 0.461 e. The van der Waals surface area contributed by atoms with Crippen LogP contribution in [-0.4, -0.2) is 129 Å². The predicted molar refractivity (Wildman–Crippen MR) is 227 cm³/mol. The molecule has 0 aromatic heterocycles. The van der Waals surface area contributed by atoms with E-state index in [0.717, 1.165) is 19.3 Å². The van der Waals surface area contributed by atoms with E-state index in [-0.39, 0.29) is 37.5 Å². The van der Waals surface area contributed by atoms with Crippen LogP contribution in [0, 0.1) is 23.7 Å². The smallest absolute Gasteiger partial charge is 0.312 e. The van der Waals surface area contributed by atoms with E-state index in [0.29, 0.717) is 30.5 Å². The summed E-state index contributed by atoms with van der Waals surface area (Å²) in [4.78, 5) is 36.3. The molecule has 3 fully saturated rings. The number of rotatable bonds is 11. The minimum Gasteiger partial charge on any atom is -0.461 e. The number of nitrogens with zero attached hydrogens (tertiary/aromatic N) is 2. The van der Waals surface area contributed by atoms with Crippen molar-refractivity contribution in [3.8, 4) is 0 Å². The van der Waals surface area contributed by atoms with Crippen LogP contribution in [0.15, 0.2) is 35.5 Å². The van der Waals surface area contributed by atoms with Crippen molar-refractivity contribution >= 4 is 17.7 Å². The highest BCUT2D eigenvalue weighted by Gasteiger charge is 2.52. The van der Waals surface area contributed by atoms with E-state index in [4.69, 9.17) is 33.7 Å². The molecule has 0 unspecified atom stereocenters. The van der Waals surface area contributed by atoms with Gasteiger partial charge < -0.3 is 53.8 Å². The predicted octanol–water partition coefficient (Wildman–Crippen LogP) is 5.54. The third-order valence-electron chi connectivity index (χ3n) is 12.9. The van der Waals surface area contributed by atoms with Gasteiger partial charge in [0, 0.05) is 36.6 Å². The van der Waals surface area contributed by atoms with E-state index < -0.39 is 89.4 Å². The Labute approximate surface area is 358 Å². The molecule has 60 heavy (non-hydrogen) atoms. The molecular weight excluding hydrogens is 773 g/mol. The van der Waals surface area contributed by atoms with E-state index in [9.17, 15) is 30.0 Å². The minimum absolute atomic E-state index is 0.0301. The first kappa shape index (κ1) is 50.0. The topological polar surface area (TPSA) is 186 Å². The average molecular weight is 849 g/mol. The standard InChI is InChI=1S/C46H76N2O12/c1-13-35-45(10,54)40(51)30(6)37(47-60-46(59-27(2)3)22-18-15-19-23-46)28(4)26-44(9,53)41(58-43-38(50)34(48(11)12)24-29(5)55-43)31(7)39(32(8)42(52)56-35)57-36(49)25-33-20-16-14-17-21-33/h14,16-17,20-21,27-32,34-35,38-41,43,50-51,53-54H,13,15,18-19,22-26H2,1-12H3/b47-37+/t28-,29+,30-,31-,32+,34-,35+,38+,39-,40+,41+,43-,44-,45+/m0/s1. The second kappa shape index (κ2) is 21.1. The lowest BCUT2D eigenvalue weighted by atomic mass is 9.73. The van der Waals surface area contributed by atoms with E-state index in [1.807, 2.05) is 64.9 Å². The van der Waals surface area contributed by atoms with Gasteiger partial charge in [0.25, 0.3) is 0 Å². The summed E-state index contributed by atoms with van der Waals surface area (Å²) in [5, 5.41) is 53.4. The Morgan fingerprint density at radius 3 is 2.20 bits per heavy atom. The van der Waals surface area contributed by atoms with Crippen molar-refractivity contribution < 1.29 is 58.5 Å². The van der Waals surface area contributed by atoms with Gasteiger partial charge in [0.15, 0.2) is 6.29 Å². The van der Waals surface area contributed by atoms with Crippen molar-refractivity contribution in [2.45, 2.75) is 199 Å². The summed E-state index contributed by atoms with van der Waals surface area (Å²) in [6.45, 7) is 17.4. The fourth-order valence-electron chi connectivity index (χ4n) is 9.63. The van der Waals surface area contributed by atoms with Gasteiger partial charge in [-0.15, -0.1) is 0 Å². The molecule has 2 saturated heterocycles. The van der Waals surface area contributed by atoms with Crippen LogP contribution in [0.2, 0.25) is 0 Å². The van der Waals surface area contributed by atoms with Crippen molar-refractivity contribution in [1.82, 2.24) is 4.90 Å². The highest BCUT2D eigenvalue weighted by Crippen LogP contribution is 2.40. The third-order valence-corrected chi connectivity index (χ3v) is 12.9. The Morgan fingerprint density at radius 2 is 1.62 bits per heavy atom. The van der Waals surface area contributed by atoms with Gasteiger partial charge >= 0.3 is 11.9 Å². The maximum Gasteiger partial charge on any atom is 0.312 e. The number of aliphatic hydroxyl groups is 4. The monoisotopic (exact) mass is 849 g/mol. The average Bonchev–Trinajstić information content (AvgIpc) is 3.17. The molecule has 4 rings (SSSR count). The quantitative estimate of drug-likeness (QED) is 0.124. The lowest BCUT2D eigenvalue weighted by Gasteiger charge is -2.47. The van der Waals surface area contributed by atoms with Crippen molar-refractivity contribution in [1.29, 1.82) is 0 Å². The first-order chi connectivity index (χ1) is 28.0. The molecular formula is C46H76N2O12. The number of oxime groups is 1. The lowest BCUT2D eigenvalue weighted by molar-refractivity contribution is -0.299. The molecule has 1 saturated carbocycles.